The second-order valence-electron chi connectivity index (χ2n) is 4.53. The molecule has 0 saturated heterocycles. The van der Waals surface area contributed by atoms with Crippen LogP contribution in [-0.4, -0.2) is 20.9 Å². The first-order valence-electron chi connectivity index (χ1n) is 5.96. The number of rotatable bonds is 5. The zero-order valence-electron chi connectivity index (χ0n) is 11.1. The Bertz CT molecular complexity index is 619. The molecule has 0 aliphatic heterocycles. The van der Waals surface area contributed by atoms with Crippen LogP contribution in [0, 0.1) is 11.7 Å². The minimum Gasteiger partial charge on any atom is -0.352 e. The molecule has 0 aliphatic rings. The molecule has 1 rings (SSSR count). The molecule has 1 aromatic carbocycles. The molecule has 1 atom stereocenters. The van der Waals surface area contributed by atoms with Crippen molar-refractivity contribution in [2.45, 2.75) is 25.2 Å². The summed E-state index contributed by atoms with van der Waals surface area (Å²) in [7, 11) is -4.26. The highest BCUT2D eigenvalue weighted by molar-refractivity contribution is 7.89. The van der Waals surface area contributed by atoms with Crippen LogP contribution in [0.1, 0.15) is 30.6 Å². The number of benzene rings is 1. The first-order chi connectivity index (χ1) is 9.16. The normalized spacial score (nSPS) is 13.1. The maximum atomic E-state index is 13.5. The van der Waals surface area contributed by atoms with Crippen LogP contribution in [0.4, 0.5) is 4.39 Å². The zero-order valence-corrected chi connectivity index (χ0v) is 12.7. The minimum atomic E-state index is -4.26. The third-order valence-corrected chi connectivity index (χ3v) is 4.12. The molecule has 0 heterocycles. The molecule has 3 N–H and O–H groups in total. The van der Waals surface area contributed by atoms with Crippen LogP contribution in [0.25, 0.3) is 0 Å². The SMILES string of the molecule is CCC(C)CNC(=O)c1cc(S(N)(=O)=O)c(F)cc1Cl. The molecule has 0 fully saturated rings. The van der Waals surface area contributed by atoms with Crippen LogP contribution in [0.3, 0.4) is 0 Å². The molecule has 1 unspecified atom stereocenters. The summed E-state index contributed by atoms with van der Waals surface area (Å²) in [6.45, 7) is 4.33. The van der Waals surface area contributed by atoms with Gasteiger partial charge in [-0.25, -0.2) is 17.9 Å². The van der Waals surface area contributed by atoms with Gasteiger partial charge >= 0.3 is 0 Å². The fourth-order valence-corrected chi connectivity index (χ4v) is 2.28. The lowest BCUT2D eigenvalue weighted by Gasteiger charge is -2.12. The van der Waals surface area contributed by atoms with Gasteiger partial charge in [0, 0.05) is 6.54 Å². The molecular weight excluding hydrogens is 307 g/mol. The average Bonchev–Trinajstić information content (AvgIpc) is 2.33. The van der Waals surface area contributed by atoms with Crippen molar-refractivity contribution in [1.82, 2.24) is 5.32 Å². The van der Waals surface area contributed by atoms with Crippen molar-refractivity contribution in [1.29, 1.82) is 0 Å². The van der Waals surface area contributed by atoms with E-state index in [9.17, 15) is 17.6 Å². The Kier molecular flexibility index (Phi) is 5.50. The minimum absolute atomic E-state index is 0.125. The number of carbonyl (C=O) groups is 1. The van der Waals surface area contributed by atoms with Crippen molar-refractivity contribution < 1.29 is 17.6 Å². The molecule has 1 aromatic rings. The molecule has 1 amide bonds. The smallest absolute Gasteiger partial charge is 0.252 e. The summed E-state index contributed by atoms with van der Waals surface area (Å²) >= 11 is 5.76. The van der Waals surface area contributed by atoms with Crippen molar-refractivity contribution >= 4 is 27.5 Å². The van der Waals surface area contributed by atoms with Crippen molar-refractivity contribution in [3.63, 3.8) is 0 Å². The monoisotopic (exact) mass is 322 g/mol. The van der Waals surface area contributed by atoms with E-state index in [0.29, 0.717) is 6.54 Å². The van der Waals surface area contributed by atoms with E-state index in [0.717, 1.165) is 18.6 Å². The lowest BCUT2D eigenvalue weighted by atomic mass is 10.1. The number of nitrogens with one attached hydrogen (secondary N) is 1. The Labute approximate surface area is 122 Å². The fourth-order valence-electron chi connectivity index (χ4n) is 1.43. The van der Waals surface area contributed by atoms with Gasteiger partial charge in [-0.15, -0.1) is 0 Å². The van der Waals surface area contributed by atoms with E-state index < -0.39 is 26.6 Å². The van der Waals surface area contributed by atoms with Crippen LogP contribution < -0.4 is 10.5 Å². The summed E-state index contributed by atoms with van der Waals surface area (Å²) in [5.74, 6) is -1.40. The first-order valence-corrected chi connectivity index (χ1v) is 7.89. The molecule has 8 heteroatoms. The number of hydrogen-bond acceptors (Lipinski definition) is 3. The Morgan fingerprint density at radius 2 is 2.10 bits per heavy atom. The summed E-state index contributed by atoms with van der Waals surface area (Å²) in [5.41, 5.74) is -0.125. The third-order valence-electron chi connectivity index (χ3n) is 2.88. The highest BCUT2D eigenvalue weighted by atomic mass is 35.5. The average molecular weight is 323 g/mol. The van der Waals surface area contributed by atoms with Crippen LogP contribution >= 0.6 is 11.6 Å². The van der Waals surface area contributed by atoms with Gasteiger partial charge in [0.15, 0.2) is 0 Å². The van der Waals surface area contributed by atoms with Gasteiger partial charge in [0.05, 0.1) is 10.6 Å². The van der Waals surface area contributed by atoms with Crippen molar-refractivity contribution in [3.05, 3.63) is 28.5 Å². The van der Waals surface area contributed by atoms with Gasteiger partial charge < -0.3 is 5.32 Å². The molecule has 0 bridgehead atoms. The first kappa shape index (κ1) is 16.9. The molecule has 0 aliphatic carbocycles. The van der Waals surface area contributed by atoms with Crippen molar-refractivity contribution in [2.24, 2.45) is 11.1 Å². The van der Waals surface area contributed by atoms with Crippen LogP contribution in [0.15, 0.2) is 17.0 Å². The van der Waals surface area contributed by atoms with Gasteiger partial charge in [-0.2, -0.15) is 0 Å². The highest BCUT2D eigenvalue weighted by Gasteiger charge is 2.20. The molecule has 5 nitrogen and oxygen atoms in total. The summed E-state index contributed by atoms with van der Waals surface area (Å²) < 4.78 is 35.9. The van der Waals surface area contributed by atoms with Crippen molar-refractivity contribution in [3.8, 4) is 0 Å². The highest BCUT2D eigenvalue weighted by Crippen LogP contribution is 2.23. The van der Waals surface area contributed by atoms with Gasteiger partial charge in [0.1, 0.15) is 10.7 Å². The Balaban J connectivity index is 3.10. The maximum Gasteiger partial charge on any atom is 0.252 e. The molecule has 0 saturated carbocycles. The summed E-state index contributed by atoms with van der Waals surface area (Å²) in [6, 6.07) is 1.61. The van der Waals surface area contributed by atoms with Crippen LogP contribution in [-0.2, 0) is 10.0 Å². The number of sulfonamides is 1. The zero-order chi connectivity index (χ0) is 15.5. The predicted molar refractivity (Wildman–Crippen MR) is 74.6 cm³/mol. The molecule has 20 heavy (non-hydrogen) atoms. The number of primary sulfonamides is 1. The quantitative estimate of drug-likeness (QED) is 0.867. The Hall–Kier alpha value is -1.18. The van der Waals surface area contributed by atoms with E-state index in [2.05, 4.69) is 5.32 Å². The number of carbonyl (C=O) groups excluding carboxylic acids is 1. The lowest BCUT2D eigenvalue weighted by molar-refractivity contribution is 0.0947. The third kappa shape index (κ3) is 4.16. The number of halogens is 2. The second kappa shape index (κ2) is 6.51. The van der Waals surface area contributed by atoms with Gasteiger partial charge in [0.2, 0.25) is 10.0 Å². The van der Waals surface area contributed by atoms with E-state index in [1.54, 1.807) is 0 Å². The van der Waals surface area contributed by atoms with E-state index >= 15 is 0 Å². The lowest BCUT2D eigenvalue weighted by Crippen LogP contribution is -2.28. The van der Waals surface area contributed by atoms with Gasteiger partial charge in [-0.05, 0) is 18.1 Å². The molecular formula is C12H16ClFN2O3S. The van der Waals surface area contributed by atoms with E-state index in [1.807, 2.05) is 13.8 Å². The van der Waals surface area contributed by atoms with E-state index in [1.165, 1.54) is 0 Å². The van der Waals surface area contributed by atoms with E-state index in [-0.39, 0.29) is 16.5 Å². The van der Waals surface area contributed by atoms with Crippen LogP contribution in [0.5, 0.6) is 0 Å². The summed E-state index contributed by atoms with van der Waals surface area (Å²) in [6.07, 6.45) is 0.875. The largest absolute Gasteiger partial charge is 0.352 e. The molecule has 0 aromatic heterocycles. The van der Waals surface area contributed by atoms with Gasteiger partial charge in [-0.3, -0.25) is 4.79 Å². The van der Waals surface area contributed by atoms with Crippen molar-refractivity contribution in [2.75, 3.05) is 6.54 Å². The number of hydrogen-bond donors (Lipinski definition) is 2. The topological polar surface area (TPSA) is 89.3 Å². The second-order valence-corrected chi connectivity index (χ2v) is 6.47. The maximum absolute atomic E-state index is 13.5. The molecule has 0 radical (unpaired) electrons. The Morgan fingerprint density at radius 3 is 2.60 bits per heavy atom. The number of amides is 1. The summed E-state index contributed by atoms with van der Waals surface area (Å²) in [4.78, 5) is 11.2. The van der Waals surface area contributed by atoms with Crippen LogP contribution in [0.2, 0.25) is 5.02 Å². The molecule has 112 valence electrons. The Morgan fingerprint density at radius 1 is 1.50 bits per heavy atom. The molecule has 0 spiro atoms. The van der Waals surface area contributed by atoms with Gasteiger partial charge in [0.25, 0.3) is 5.91 Å². The predicted octanol–water partition coefficient (Wildman–Crippen LogP) is 1.90. The fraction of sp³-hybridized carbons (Fsp3) is 0.417. The summed E-state index contributed by atoms with van der Waals surface area (Å²) in [5, 5.41) is 7.32. The number of nitrogens with two attached hydrogens (primary N) is 1. The standard InChI is InChI=1S/C12H16ClFN2O3S/c1-3-7(2)6-16-12(17)8-4-11(20(15,18)19)10(14)5-9(8)13/h4-5,7H,3,6H2,1-2H3,(H,16,17)(H2,15,18,19). The van der Waals surface area contributed by atoms with Gasteiger partial charge in [-0.1, -0.05) is 31.9 Å². The van der Waals surface area contributed by atoms with E-state index in [4.69, 9.17) is 16.7 Å².